The summed E-state index contributed by atoms with van der Waals surface area (Å²) in [5.41, 5.74) is 22.2. The van der Waals surface area contributed by atoms with E-state index in [0.29, 0.717) is 22.3 Å². The normalized spacial score (nSPS) is 15.0. The molecule has 0 aliphatic heterocycles. The first-order valence-corrected chi connectivity index (χ1v) is 29.5. The monoisotopic (exact) mass is 1170 g/mol. The van der Waals surface area contributed by atoms with Crippen molar-refractivity contribution in [1.82, 2.24) is 4.98 Å². The van der Waals surface area contributed by atoms with Crippen molar-refractivity contribution in [3.05, 3.63) is 312 Å². The SMILES string of the molecule is [2H]C([2H])(C)c1cccc(-c2cc[n+](C)c(-c3ccccc3C)c2)c1.[2H]C([2H])([2H])C([2H])(C)c1cccc(-c2cc[n+](C)c(-c3ccccc3C)c2)c1.[2H]C([2H])([2H])C([2H])(Cc1ccc(-c2ccnc(-c3ccccc3)c2)cc1)C([2H])([2H])[2H].[2H]C([2H])([2H])c1cccc(-c2cc[n+](C)c(-c3ccccc3C)c2)c1. The van der Waals surface area contributed by atoms with Gasteiger partial charge in [0.05, 0.1) is 5.69 Å². The van der Waals surface area contributed by atoms with Gasteiger partial charge in [-0.15, -0.1) is 0 Å². The molecule has 1 unspecified atom stereocenters. The van der Waals surface area contributed by atoms with Crippen LogP contribution in [0.2, 0.25) is 0 Å². The number of aromatic nitrogens is 4. The van der Waals surface area contributed by atoms with Gasteiger partial charge in [0.2, 0.25) is 17.1 Å². The molecule has 0 amide bonds. The fourth-order valence-electron chi connectivity index (χ4n) is 10.5. The first-order valence-electron chi connectivity index (χ1n) is 37.5. The Balaban J connectivity index is 0.000000161. The highest BCUT2D eigenvalue weighted by molar-refractivity contribution is 5.74. The third-order valence-electron chi connectivity index (χ3n) is 15.5. The van der Waals surface area contributed by atoms with Crippen LogP contribution in [-0.4, -0.2) is 4.98 Å². The predicted molar refractivity (Wildman–Crippen MR) is 372 cm³/mol. The molecule has 12 aromatic rings. The lowest BCUT2D eigenvalue weighted by molar-refractivity contribution is -0.660. The van der Waals surface area contributed by atoms with Crippen LogP contribution in [0.15, 0.2) is 274 Å². The molecular formula is C84H87N4+3. The third-order valence-corrected chi connectivity index (χ3v) is 15.5. The van der Waals surface area contributed by atoms with E-state index in [1.807, 2.05) is 161 Å². The minimum Gasteiger partial charge on any atom is -0.256 e. The number of benzene rings is 8. The molecule has 8 aromatic carbocycles. The molecule has 0 saturated heterocycles. The van der Waals surface area contributed by atoms with E-state index in [1.54, 1.807) is 61.7 Å². The number of nitrogens with zero attached hydrogens (tertiary/aromatic N) is 4. The fourth-order valence-corrected chi connectivity index (χ4v) is 10.5. The van der Waals surface area contributed by atoms with Crippen molar-refractivity contribution in [1.29, 1.82) is 0 Å². The number of aryl methyl sites for hydroxylation is 8. The lowest BCUT2D eigenvalue weighted by Gasteiger charge is -2.10. The minimum atomic E-state index is -2.92. The summed E-state index contributed by atoms with van der Waals surface area (Å²) in [5, 5.41) is 0. The van der Waals surface area contributed by atoms with Gasteiger partial charge in [-0.1, -0.05) is 222 Å². The van der Waals surface area contributed by atoms with Crippen molar-refractivity contribution in [3.8, 4) is 89.5 Å². The van der Waals surface area contributed by atoms with E-state index in [-0.39, 0.29) is 6.42 Å². The standard InChI is InChI=1S/C22H24N.C21H21N.C21H22N.C20H20N/c1-16(2)18-9-7-10-19(14-18)20-12-13-23(4)22(15-20)21-11-6-5-8-17(21)3;1-16(2)14-17-8-10-18(11-9-17)20-12-13-22-21(15-20)19-6-4-3-5-7-19;1-4-17-9-7-10-18(14-17)19-12-13-22(3)21(15-19)20-11-6-5-8-16(20)2;1-15-7-6-9-17(13-15)18-11-12-21(3)20(14-18)19-10-5-4-8-16(19)2/h5-16H,1-4H3;3-13,15-16H,14H2,1-2H3;5-15H,4H2,1-3H3;4-14H,1-3H3/q+1;;2*+1/i1D3,16D;1D3,2D3,16D;4D2;1D3. The predicted octanol–water partition coefficient (Wildman–Crippen LogP) is 20.1. The van der Waals surface area contributed by atoms with Crippen LogP contribution in [0.25, 0.3) is 89.5 Å². The Morgan fingerprint density at radius 1 is 0.409 bits per heavy atom. The smallest absolute Gasteiger partial charge is 0.213 e. The molecule has 0 saturated carbocycles. The molecule has 440 valence electrons. The van der Waals surface area contributed by atoms with Crippen LogP contribution >= 0.6 is 0 Å². The molecule has 4 heteroatoms. The van der Waals surface area contributed by atoms with Crippen LogP contribution < -0.4 is 13.7 Å². The molecule has 0 radical (unpaired) electrons. The molecular weight excluding hydrogens is 1060 g/mol. The maximum Gasteiger partial charge on any atom is 0.213 e. The number of rotatable bonds is 12. The van der Waals surface area contributed by atoms with Crippen molar-refractivity contribution in [3.63, 3.8) is 0 Å². The topological polar surface area (TPSA) is 24.5 Å². The maximum atomic E-state index is 8.35. The average molecular weight is 1170 g/mol. The van der Waals surface area contributed by atoms with E-state index in [0.717, 1.165) is 78.4 Å². The summed E-state index contributed by atoms with van der Waals surface area (Å²) in [6.45, 7) is -0.983. The van der Waals surface area contributed by atoms with E-state index >= 15 is 0 Å². The van der Waals surface area contributed by atoms with Crippen LogP contribution in [0.3, 0.4) is 0 Å². The van der Waals surface area contributed by atoms with Gasteiger partial charge in [0.1, 0.15) is 21.1 Å². The molecule has 4 nitrogen and oxygen atoms in total. The maximum absolute atomic E-state index is 8.35. The van der Waals surface area contributed by atoms with Gasteiger partial charge >= 0.3 is 0 Å². The van der Waals surface area contributed by atoms with Crippen LogP contribution in [0.1, 0.15) is 101 Å². The Kier molecular flexibility index (Phi) is 15.3. The second-order valence-corrected chi connectivity index (χ2v) is 21.9. The molecule has 0 aliphatic rings. The van der Waals surface area contributed by atoms with Crippen LogP contribution in [-0.2, 0) is 33.9 Å². The Labute approximate surface area is 548 Å². The van der Waals surface area contributed by atoms with Crippen molar-refractivity contribution < 1.29 is 35.6 Å². The molecule has 1 atom stereocenters. The summed E-state index contributed by atoms with van der Waals surface area (Å²) >= 11 is 0. The lowest BCUT2D eigenvalue weighted by Crippen LogP contribution is -2.30. The second-order valence-electron chi connectivity index (χ2n) is 21.9. The van der Waals surface area contributed by atoms with Crippen molar-refractivity contribution in [2.75, 3.05) is 0 Å². The number of pyridine rings is 4. The summed E-state index contributed by atoms with van der Waals surface area (Å²) in [4.78, 5) is 4.41. The van der Waals surface area contributed by atoms with Crippen LogP contribution in [0.4, 0.5) is 0 Å². The van der Waals surface area contributed by atoms with Crippen molar-refractivity contribution in [2.24, 2.45) is 27.0 Å². The van der Waals surface area contributed by atoms with E-state index < -0.39 is 45.6 Å². The summed E-state index contributed by atoms with van der Waals surface area (Å²) in [5.74, 6) is -4.21. The van der Waals surface area contributed by atoms with Gasteiger partial charge < -0.3 is 0 Å². The largest absolute Gasteiger partial charge is 0.256 e. The molecule has 0 N–H and O–H groups in total. The fraction of sp³-hybridized carbons (Fsp3) is 0.190. The Morgan fingerprint density at radius 3 is 1.36 bits per heavy atom. The van der Waals surface area contributed by atoms with E-state index in [2.05, 4.69) is 118 Å². The zero-order valence-electron chi connectivity index (χ0n) is 67.5. The molecule has 0 spiro atoms. The first-order chi connectivity index (χ1) is 48.8. The highest BCUT2D eigenvalue weighted by atomic mass is 14.9. The molecule has 4 heterocycles. The highest BCUT2D eigenvalue weighted by Crippen LogP contribution is 2.31. The van der Waals surface area contributed by atoms with E-state index in [9.17, 15) is 0 Å². The molecule has 0 aliphatic carbocycles. The Bertz CT molecular complexity index is 4770. The van der Waals surface area contributed by atoms with Crippen LogP contribution in [0.5, 0.6) is 0 Å². The van der Waals surface area contributed by atoms with Gasteiger partial charge in [-0.3, -0.25) is 4.98 Å². The lowest BCUT2D eigenvalue weighted by atomic mass is 9.96. The van der Waals surface area contributed by atoms with Gasteiger partial charge in [-0.05, 0) is 160 Å². The highest BCUT2D eigenvalue weighted by Gasteiger charge is 2.17. The van der Waals surface area contributed by atoms with E-state index in [1.165, 1.54) is 34.7 Å². The summed E-state index contributed by atoms with van der Waals surface area (Å²) < 4.78 is 130. The minimum absolute atomic E-state index is 0.366. The third kappa shape index (κ3) is 16.5. The first kappa shape index (κ1) is 44.8. The summed E-state index contributed by atoms with van der Waals surface area (Å²) in [6, 6.07) is 80.2. The molecule has 0 fully saturated rings. The second kappa shape index (κ2) is 30.1. The zero-order chi connectivity index (χ0) is 75.7. The van der Waals surface area contributed by atoms with Gasteiger partial charge in [0.25, 0.3) is 0 Å². The van der Waals surface area contributed by atoms with Gasteiger partial charge in [-0.2, -0.15) is 0 Å². The van der Waals surface area contributed by atoms with Crippen molar-refractivity contribution >= 4 is 0 Å². The summed E-state index contributed by atoms with van der Waals surface area (Å²) in [7, 11) is 6.08. The Morgan fingerprint density at radius 2 is 0.864 bits per heavy atom. The van der Waals surface area contributed by atoms with Gasteiger partial charge in [-0.25, -0.2) is 13.7 Å². The summed E-state index contributed by atoms with van der Waals surface area (Å²) in [6.07, 6.45) is 6.08. The van der Waals surface area contributed by atoms with Gasteiger partial charge in [0.15, 0.2) is 18.6 Å². The molecule has 0 bridgehead atoms. The zero-order valence-corrected chi connectivity index (χ0v) is 51.5. The van der Waals surface area contributed by atoms with Gasteiger partial charge in [0, 0.05) is 86.8 Å². The number of hydrogen-bond donors (Lipinski definition) is 0. The molecule has 88 heavy (non-hydrogen) atoms. The molecule has 12 rings (SSSR count). The molecule has 4 aromatic heterocycles. The quantitative estimate of drug-likeness (QED) is 0.112. The average Bonchev–Trinajstić information content (AvgIpc) is 0.747. The van der Waals surface area contributed by atoms with E-state index in [4.69, 9.17) is 21.9 Å². The van der Waals surface area contributed by atoms with Crippen molar-refractivity contribution in [2.45, 2.75) is 80.7 Å². The van der Waals surface area contributed by atoms with Crippen LogP contribution in [0, 0.1) is 33.5 Å². The number of hydrogen-bond acceptors (Lipinski definition) is 1. The Hall–Kier alpha value is -9.64.